The van der Waals surface area contributed by atoms with Gasteiger partial charge in [-0.3, -0.25) is 4.79 Å². The van der Waals surface area contributed by atoms with E-state index in [0.717, 1.165) is 18.5 Å². The molecule has 20 heavy (non-hydrogen) atoms. The van der Waals surface area contributed by atoms with E-state index in [9.17, 15) is 15.0 Å². The first-order valence-corrected chi connectivity index (χ1v) is 7.57. The second-order valence-electron chi connectivity index (χ2n) is 4.91. The van der Waals surface area contributed by atoms with Crippen LogP contribution in [0.2, 0.25) is 0 Å². The maximum atomic E-state index is 11.2. The molecule has 0 fully saturated rings. The summed E-state index contributed by atoms with van der Waals surface area (Å²) in [7, 11) is 0. The average molecular weight is 293 g/mol. The van der Waals surface area contributed by atoms with Crippen LogP contribution in [0.4, 0.5) is 0 Å². The number of aliphatic carboxylic acids is 1. The van der Waals surface area contributed by atoms with Crippen molar-refractivity contribution in [1.29, 1.82) is 0 Å². The predicted octanol–water partition coefficient (Wildman–Crippen LogP) is 2.40. The van der Waals surface area contributed by atoms with Gasteiger partial charge in [-0.1, -0.05) is 31.2 Å². The second kappa shape index (κ2) is 6.81. The molecule has 2 aliphatic carbocycles. The third-order valence-corrected chi connectivity index (χ3v) is 4.76. The minimum atomic E-state index is -0.902. The van der Waals surface area contributed by atoms with Gasteiger partial charge in [0.1, 0.15) is 6.23 Å². The van der Waals surface area contributed by atoms with E-state index in [0.29, 0.717) is 0 Å². The number of carbonyl (C=O) groups is 1. The molecule has 0 bridgehead atoms. The first kappa shape index (κ1) is 14.9. The van der Waals surface area contributed by atoms with Crippen molar-refractivity contribution in [3.63, 3.8) is 0 Å². The van der Waals surface area contributed by atoms with E-state index in [-0.39, 0.29) is 0 Å². The Balaban J connectivity index is 2.01. The van der Waals surface area contributed by atoms with Crippen LogP contribution in [-0.2, 0) is 4.79 Å². The summed E-state index contributed by atoms with van der Waals surface area (Å²) in [6.07, 6.45) is 10.7. The smallest absolute Gasteiger partial charge is 0.307 e. The topological polar surface area (TPSA) is 69.6 Å². The SMILES string of the molecule is CC(C(=O)O)C(S/C=C1/C=CC1)C(O)NC1=CCC=C1. The lowest BCUT2D eigenvalue weighted by Gasteiger charge is -2.26. The molecule has 3 atom stereocenters. The zero-order chi connectivity index (χ0) is 14.5. The van der Waals surface area contributed by atoms with E-state index in [1.807, 2.05) is 35.8 Å². The third-order valence-electron chi connectivity index (χ3n) is 3.34. The van der Waals surface area contributed by atoms with Gasteiger partial charge in [-0.25, -0.2) is 0 Å². The van der Waals surface area contributed by atoms with E-state index in [1.165, 1.54) is 17.3 Å². The van der Waals surface area contributed by atoms with Gasteiger partial charge in [-0.2, -0.15) is 0 Å². The highest BCUT2D eigenvalue weighted by atomic mass is 32.2. The molecule has 5 heteroatoms. The Hall–Kier alpha value is -1.46. The molecule has 0 saturated carbocycles. The van der Waals surface area contributed by atoms with Gasteiger partial charge in [-0.15, -0.1) is 11.8 Å². The minimum Gasteiger partial charge on any atom is -0.481 e. The molecule has 4 nitrogen and oxygen atoms in total. The molecule has 2 aliphatic rings. The highest BCUT2D eigenvalue weighted by Gasteiger charge is 2.30. The average Bonchev–Trinajstić information content (AvgIpc) is 2.84. The molecule has 0 heterocycles. The van der Waals surface area contributed by atoms with Crippen molar-refractivity contribution in [3.05, 3.63) is 47.1 Å². The number of carboxylic acid groups (broad SMARTS) is 1. The first-order chi connectivity index (χ1) is 9.58. The van der Waals surface area contributed by atoms with Crippen molar-refractivity contribution in [2.24, 2.45) is 5.92 Å². The maximum Gasteiger partial charge on any atom is 0.307 e. The Morgan fingerprint density at radius 2 is 2.20 bits per heavy atom. The number of nitrogens with one attached hydrogen (secondary N) is 1. The Kier molecular flexibility index (Phi) is 5.09. The van der Waals surface area contributed by atoms with Gasteiger partial charge >= 0.3 is 5.97 Å². The monoisotopic (exact) mass is 293 g/mol. The molecule has 3 unspecified atom stereocenters. The minimum absolute atomic E-state index is 0.441. The zero-order valence-electron chi connectivity index (χ0n) is 11.3. The number of rotatable bonds is 7. The number of thioether (sulfide) groups is 1. The lowest BCUT2D eigenvalue weighted by Crippen LogP contribution is -2.42. The molecular formula is C15H19NO3S. The highest BCUT2D eigenvalue weighted by molar-refractivity contribution is 8.02. The zero-order valence-corrected chi connectivity index (χ0v) is 12.1. The molecule has 0 amide bonds. The molecule has 2 rings (SSSR count). The predicted molar refractivity (Wildman–Crippen MR) is 81.0 cm³/mol. The third kappa shape index (κ3) is 3.77. The molecule has 0 aliphatic heterocycles. The van der Waals surface area contributed by atoms with Crippen LogP contribution in [0.15, 0.2) is 47.1 Å². The Bertz CT molecular complexity index is 493. The molecule has 3 N–H and O–H groups in total. The van der Waals surface area contributed by atoms with Gasteiger partial charge in [0.15, 0.2) is 0 Å². The molecule has 108 valence electrons. The quantitative estimate of drug-likeness (QED) is 0.629. The lowest BCUT2D eigenvalue weighted by molar-refractivity contribution is -0.141. The molecule has 0 saturated heterocycles. The van der Waals surface area contributed by atoms with Crippen LogP contribution in [0.5, 0.6) is 0 Å². The number of hydrogen-bond acceptors (Lipinski definition) is 4. The summed E-state index contributed by atoms with van der Waals surface area (Å²) in [5.74, 6) is -1.55. The van der Waals surface area contributed by atoms with Crippen LogP contribution < -0.4 is 5.32 Å². The van der Waals surface area contributed by atoms with Crippen LogP contribution in [0.3, 0.4) is 0 Å². The largest absolute Gasteiger partial charge is 0.481 e. The van der Waals surface area contributed by atoms with Crippen LogP contribution in [0, 0.1) is 5.92 Å². The van der Waals surface area contributed by atoms with Crippen molar-refractivity contribution >= 4 is 17.7 Å². The summed E-state index contributed by atoms with van der Waals surface area (Å²) < 4.78 is 0. The van der Waals surface area contributed by atoms with E-state index < -0.39 is 23.4 Å². The van der Waals surface area contributed by atoms with E-state index in [1.54, 1.807) is 6.92 Å². The number of aliphatic hydroxyl groups is 1. The molecule has 0 spiro atoms. The fourth-order valence-electron chi connectivity index (χ4n) is 1.93. The summed E-state index contributed by atoms with van der Waals surface area (Å²) in [6.45, 7) is 1.62. The van der Waals surface area contributed by atoms with Crippen molar-refractivity contribution in [1.82, 2.24) is 5.32 Å². The van der Waals surface area contributed by atoms with Gasteiger partial charge in [-0.05, 0) is 29.9 Å². The van der Waals surface area contributed by atoms with Crippen molar-refractivity contribution in [2.75, 3.05) is 0 Å². The van der Waals surface area contributed by atoms with Gasteiger partial charge in [0.25, 0.3) is 0 Å². The van der Waals surface area contributed by atoms with E-state index >= 15 is 0 Å². The molecule has 0 aromatic carbocycles. The fraction of sp³-hybridized carbons (Fsp3) is 0.400. The lowest BCUT2D eigenvalue weighted by atomic mass is 10.1. The summed E-state index contributed by atoms with van der Waals surface area (Å²) in [5.41, 5.74) is 2.02. The number of hydrogen-bond donors (Lipinski definition) is 3. The first-order valence-electron chi connectivity index (χ1n) is 6.63. The summed E-state index contributed by atoms with van der Waals surface area (Å²) in [5, 5.41) is 23.9. The molecular weight excluding hydrogens is 274 g/mol. The number of carboxylic acids is 1. The summed E-state index contributed by atoms with van der Waals surface area (Å²) in [6, 6.07) is 0. The Labute approximate surface area is 123 Å². The fourth-order valence-corrected chi connectivity index (χ4v) is 3.01. The summed E-state index contributed by atoms with van der Waals surface area (Å²) in [4.78, 5) is 11.2. The normalized spacial score (nSPS) is 23.1. The standard InChI is InChI=1S/C15H19NO3S/c1-10(15(18)19)13(20-9-11-5-4-6-11)14(17)16-12-7-2-3-8-12/h2,4-5,7-10,13-14,16-17H,3,6H2,1H3,(H,18,19)/b11-9-. The van der Waals surface area contributed by atoms with Gasteiger partial charge in [0.05, 0.1) is 11.2 Å². The van der Waals surface area contributed by atoms with E-state index in [4.69, 9.17) is 0 Å². The number of aliphatic hydroxyl groups excluding tert-OH is 1. The second-order valence-corrected chi connectivity index (χ2v) is 5.97. The van der Waals surface area contributed by atoms with Crippen molar-refractivity contribution in [3.8, 4) is 0 Å². The highest BCUT2D eigenvalue weighted by Crippen LogP contribution is 2.28. The molecule has 0 aromatic heterocycles. The summed E-state index contributed by atoms with van der Waals surface area (Å²) >= 11 is 1.38. The van der Waals surface area contributed by atoms with Crippen molar-refractivity contribution < 1.29 is 15.0 Å². The van der Waals surface area contributed by atoms with Gasteiger partial charge < -0.3 is 15.5 Å². The maximum absolute atomic E-state index is 11.2. The van der Waals surface area contributed by atoms with Crippen LogP contribution >= 0.6 is 11.8 Å². The molecule has 0 aromatic rings. The Morgan fingerprint density at radius 1 is 1.45 bits per heavy atom. The van der Waals surface area contributed by atoms with Crippen LogP contribution in [0.25, 0.3) is 0 Å². The van der Waals surface area contributed by atoms with Gasteiger partial charge in [0, 0.05) is 5.70 Å². The number of allylic oxidation sites excluding steroid dienone is 6. The van der Waals surface area contributed by atoms with Gasteiger partial charge in [0.2, 0.25) is 0 Å². The van der Waals surface area contributed by atoms with Crippen LogP contribution in [0.1, 0.15) is 19.8 Å². The van der Waals surface area contributed by atoms with E-state index in [2.05, 4.69) is 5.32 Å². The molecule has 0 radical (unpaired) electrons. The van der Waals surface area contributed by atoms with Crippen LogP contribution in [-0.4, -0.2) is 27.7 Å². The van der Waals surface area contributed by atoms with Crippen molar-refractivity contribution in [2.45, 2.75) is 31.2 Å². The Morgan fingerprint density at radius 3 is 2.70 bits per heavy atom.